The molecule has 0 radical (unpaired) electrons. The molecule has 0 aliphatic heterocycles. The summed E-state index contributed by atoms with van der Waals surface area (Å²) >= 11 is 0. The van der Waals surface area contributed by atoms with Crippen LogP contribution in [-0.2, 0) is 12.8 Å². The molecule has 0 bridgehead atoms. The van der Waals surface area contributed by atoms with E-state index in [4.69, 9.17) is 29.9 Å². The van der Waals surface area contributed by atoms with Gasteiger partial charge in [0.15, 0.2) is 34.9 Å². The van der Waals surface area contributed by atoms with Gasteiger partial charge in [0.25, 0.3) is 0 Å². The summed E-state index contributed by atoms with van der Waals surface area (Å²) in [5.41, 5.74) is 12.7. The second-order valence-electron chi connectivity index (χ2n) is 14.6. The maximum absolute atomic E-state index is 5.11. The topological polar surface area (TPSA) is 77.3 Å². The minimum atomic E-state index is 0.603. The Labute approximate surface area is 338 Å². The molecule has 10 rings (SSSR count). The van der Waals surface area contributed by atoms with Crippen LogP contribution in [0.5, 0.6) is 0 Å². The van der Waals surface area contributed by atoms with E-state index in [-0.39, 0.29) is 0 Å². The van der Waals surface area contributed by atoms with Crippen molar-refractivity contribution in [2.75, 3.05) is 0 Å². The molecule has 0 saturated heterocycles. The van der Waals surface area contributed by atoms with Crippen LogP contribution >= 0.6 is 0 Å². The highest BCUT2D eigenvalue weighted by molar-refractivity contribution is 5.86. The van der Waals surface area contributed by atoms with E-state index in [2.05, 4.69) is 84.9 Å². The van der Waals surface area contributed by atoms with Crippen molar-refractivity contribution in [3.8, 4) is 90.6 Å². The number of hydrogen-bond acceptors (Lipinski definition) is 6. The molecule has 9 aromatic rings. The van der Waals surface area contributed by atoms with Crippen molar-refractivity contribution in [2.45, 2.75) is 25.7 Å². The standard InChI is InChI=1S/C52H38N6/c1-5-15-35(16-6-1)43-31-32-45(52-57-48(39-20-9-3-10-21-39)54-49(58-52)40-22-11-4-12-23-40)46(34-43)37-26-28-41(29-27-37)50-53-47(38-18-7-2-8-19-38)55-51(56-50)44-30-25-36-17-13-14-24-42(36)33-44/h1-12,15-16,18-23,25-34H,13-14,17,24H2. The van der Waals surface area contributed by atoms with Gasteiger partial charge in [0.2, 0.25) is 0 Å². The number of aryl methyl sites for hydroxylation is 2. The van der Waals surface area contributed by atoms with Gasteiger partial charge in [0, 0.05) is 33.4 Å². The number of aromatic nitrogens is 6. The van der Waals surface area contributed by atoms with Crippen molar-refractivity contribution >= 4 is 0 Å². The van der Waals surface area contributed by atoms with E-state index in [1.54, 1.807) is 0 Å². The molecule has 1 aliphatic carbocycles. The van der Waals surface area contributed by atoms with Crippen molar-refractivity contribution in [1.82, 2.24) is 29.9 Å². The highest BCUT2D eigenvalue weighted by Crippen LogP contribution is 2.37. The molecule has 6 heteroatoms. The van der Waals surface area contributed by atoms with Crippen molar-refractivity contribution in [3.05, 3.63) is 193 Å². The van der Waals surface area contributed by atoms with Crippen LogP contribution in [0.3, 0.4) is 0 Å². The third-order valence-electron chi connectivity index (χ3n) is 10.8. The Bertz CT molecular complexity index is 2800. The third-order valence-corrected chi connectivity index (χ3v) is 10.8. The van der Waals surface area contributed by atoms with Gasteiger partial charge in [-0.15, -0.1) is 0 Å². The molecule has 0 N–H and O–H groups in total. The highest BCUT2D eigenvalue weighted by Gasteiger charge is 2.19. The van der Waals surface area contributed by atoms with E-state index in [9.17, 15) is 0 Å². The molecule has 276 valence electrons. The first-order valence-corrected chi connectivity index (χ1v) is 19.8. The molecule has 6 nitrogen and oxygen atoms in total. The second kappa shape index (κ2) is 15.6. The van der Waals surface area contributed by atoms with Crippen molar-refractivity contribution < 1.29 is 0 Å². The maximum atomic E-state index is 5.11. The van der Waals surface area contributed by atoms with Gasteiger partial charge in [0.1, 0.15) is 0 Å². The van der Waals surface area contributed by atoms with Gasteiger partial charge in [-0.3, -0.25) is 0 Å². The van der Waals surface area contributed by atoms with E-state index >= 15 is 0 Å². The summed E-state index contributed by atoms with van der Waals surface area (Å²) in [5.74, 6) is 3.80. The van der Waals surface area contributed by atoms with E-state index in [0.717, 1.165) is 68.5 Å². The number of hydrogen-bond donors (Lipinski definition) is 0. The molecule has 0 fully saturated rings. The summed E-state index contributed by atoms with van der Waals surface area (Å²) in [4.78, 5) is 30.3. The van der Waals surface area contributed by atoms with Gasteiger partial charge in [-0.25, -0.2) is 29.9 Å². The highest BCUT2D eigenvalue weighted by atomic mass is 15.0. The number of fused-ring (bicyclic) bond motifs is 1. The quantitative estimate of drug-likeness (QED) is 0.154. The zero-order valence-corrected chi connectivity index (χ0v) is 31.8. The molecule has 7 aromatic carbocycles. The zero-order chi connectivity index (χ0) is 38.7. The zero-order valence-electron chi connectivity index (χ0n) is 31.8. The molecule has 0 amide bonds. The van der Waals surface area contributed by atoms with Gasteiger partial charge in [0.05, 0.1) is 0 Å². The van der Waals surface area contributed by atoms with Crippen molar-refractivity contribution in [3.63, 3.8) is 0 Å². The first-order valence-electron chi connectivity index (χ1n) is 19.8. The fourth-order valence-electron chi connectivity index (χ4n) is 7.74. The minimum Gasteiger partial charge on any atom is -0.208 e. The summed E-state index contributed by atoms with van der Waals surface area (Å²) in [5, 5.41) is 0. The van der Waals surface area contributed by atoms with Gasteiger partial charge < -0.3 is 0 Å². The SMILES string of the molecule is c1ccc(-c2ccc(-c3nc(-c4ccccc4)nc(-c4ccccc4)n3)c(-c3ccc(-c4nc(-c5ccccc5)nc(-c5ccc6c(c5)CCCC6)n4)cc3)c2)cc1. The normalized spacial score (nSPS) is 12.2. The molecule has 2 heterocycles. The molecular formula is C52H38N6. The van der Waals surface area contributed by atoms with E-state index in [1.165, 1.54) is 24.0 Å². The van der Waals surface area contributed by atoms with Crippen LogP contribution in [0, 0.1) is 0 Å². The summed E-state index contributed by atoms with van der Waals surface area (Å²) in [6, 6.07) is 62.5. The number of benzene rings is 7. The maximum Gasteiger partial charge on any atom is 0.164 e. The average molecular weight is 747 g/mol. The van der Waals surface area contributed by atoms with Gasteiger partial charge in [-0.05, 0) is 77.3 Å². The average Bonchev–Trinajstić information content (AvgIpc) is 3.32. The van der Waals surface area contributed by atoms with E-state index < -0.39 is 0 Å². The van der Waals surface area contributed by atoms with Crippen LogP contribution in [0.2, 0.25) is 0 Å². The van der Waals surface area contributed by atoms with Crippen LogP contribution in [0.25, 0.3) is 90.6 Å². The van der Waals surface area contributed by atoms with Crippen LogP contribution in [0.15, 0.2) is 182 Å². The monoisotopic (exact) mass is 746 g/mol. The van der Waals surface area contributed by atoms with Crippen LogP contribution in [0.4, 0.5) is 0 Å². The molecule has 0 saturated carbocycles. The largest absolute Gasteiger partial charge is 0.208 e. The first-order chi connectivity index (χ1) is 28.7. The van der Waals surface area contributed by atoms with Crippen molar-refractivity contribution in [2.24, 2.45) is 0 Å². The minimum absolute atomic E-state index is 0.603. The Balaban J connectivity index is 1.10. The van der Waals surface area contributed by atoms with Crippen molar-refractivity contribution in [1.29, 1.82) is 0 Å². The number of nitrogens with zero attached hydrogens (tertiary/aromatic N) is 6. The fourth-order valence-corrected chi connectivity index (χ4v) is 7.74. The molecule has 58 heavy (non-hydrogen) atoms. The van der Waals surface area contributed by atoms with Crippen LogP contribution < -0.4 is 0 Å². The van der Waals surface area contributed by atoms with E-state index in [1.807, 2.05) is 97.1 Å². The first kappa shape index (κ1) is 35.0. The van der Waals surface area contributed by atoms with Gasteiger partial charge in [-0.2, -0.15) is 0 Å². The Kier molecular flexibility index (Phi) is 9.41. The summed E-state index contributed by atoms with van der Waals surface area (Å²) in [6.45, 7) is 0. The Morgan fingerprint density at radius 3 is 1.14 bits per heavy atom. The lowest BCUT2D eigenvalue weighted by Crippen LogP contribution is -2.04. The van der Waals surface area contributed by atoms with Gasteiger partial charge >= 0.3 is 0 Å². The molecular weight excluding hydrogens is 709 g/mol. The predicted octanol–water partition coefficient (Wildman–Crippen LogP) is 12.3. The molecule has 1 aliphatic rings. The summed E-state index contributed by atoms with van der Waals surface area (Å²) < 4.78 is 0. The lowest BCUT2D eigenvalue weighted by atomic mass is 9.90. The summed E-state index contributed by atoms with van der Waals surface area (Å²) in [6.07, 6.45) is 4.68. The summed E-state index contributed by atoms with van der Waals surface area (Å²) in [7, 11) is 0. The van der Waals surface area contributed by atoms with Crippen LogP contribution in [-0.4, -0.2) is 29.9 Å². The second-order valence-corrected chi connectivity index (χ2v) is 14.6. The lowest BCUT2D eigenvalue weighted by molar-refractivity contribution is 0.686. The smallest absolute Gasteiger partial charge is 0.164 e. The third kappa shape index (κ3) is 7.19. The Hall–Kier alpha value is -7.44. The van der Waals surface area contributed by atoms with E-state index in [0.29, 0.717) is 34.9 Å². The lowest BCUT2D eigenvalue weighted by Gasteiger charge is -2.16. The molecule has 2 aromatic heterocycles. The number of rotatable bonds is 8. The Morgan fingerprint density at radius 2 is 0.621 bits per heavy atom. The predicted molar refractivity (Wildman–Crippen MR) is 233 cm³/mol. The molecule has 0 unspecified atom stereocenters. The van der Waals surface area contributed by atoms with Crippen LogP contribution in [0.1, 0.15) is 24.0 Å². The fraction of sp³-hybridized carbons (Fsp3) is 0.0769. The Morgan fingerprint density at radius 1 is 0.241 bits per heavy atom. The molecule has 0 atom stereocenters. The molecule has 0 spiro atoms. The van der Waals surface area contributed by atoms with Gasteiger partial charge in [-0.1, -0.05) is 164 Å².